The van der Waals surface area contributed by atoms with Crippen LogP contribution in [-0.4, -0.2) is 89.7 Å². The van der Waals surface area contributed by atoms with Crippen LogP contribution in [0.3, 0.4) is 0 Å². The van der Waals surface area contributed by atoms with Gasteiger partial charge in [0.2, 0.25) is 0 Å². The molecule has 0 spiro atoms. The molecule has 0 amide bonds. The molecule has 5 aliphatic heterocycles. The molecular formula is C109H202O10S2. The van der Waals surface area contributed by atoms with Gasteiger partial charge in [-0.15, -0.1) is 0 Å². The Bertz CT molecular complexity index is 3400. The van der Waals surface area contributed by atoms with Crippen LogP contribution in [0, 0.1) is 181 Å². The van der Waals surface area contributed by atoms with Crippen LogP contribution < -0.4 is 4.74 Å². The van der Waals surface area contributed by atoms with E-state index in [1.807, 2.05) is 41.5 Å². The first kappa shape index (κ1) is 113. The normalized spacial score (nSPS) is 30.9. The molecule has 0 radical (unpaired) electrons. The van der Waals surface area contributed by atoms with Crippen LogP contribution in [0.1, 0.15) is 408 Å². The number of hydrogen-bond acceptors (Lipinski definition) is 10. The lowest BCUT2D eigenvalue weighted by Crippen LogP contribution is -2.52. The number of carbonyl (C=O) groups excluding carboxylic acids is 3. The number of carbonyl (C=O) groups is 3. The summed E-state index contributed by atoms with van der Waals surface area (Å²) in [7, 11) is -5.62. The van der Waals surface area contributed by atoms with Gasteiger partial charge in [0, 0.05) is 30.1 Å². The van der Waals surface area contributed by atoms with Gasteiger partial charge in [0.25, 0.3) is 0 Å². The second-order valence-corrected chi connectivity index (χ2v) is 61.7. The number of ether oxygens (including phenoxy) is 3. The van der Waals surface area contributed by atoms with Crippen molar-refractivity contribution < 1.29 is 45.4 Å². The summed E-state index contributed by atoms with van der Waals surface area (Å²) in [5.74, 6) is 11.9. The van der Waals surface area contributed by atoms with E-state index in [2.05, 4.69) is 315 Å². The molecule has 1 aromatic rings. The summed E-state index contributed by atoms with van der Waals surface area (Å²) in [6, 6.07) is 8.54. The summed E-state index contributed by atoms with van der Waals surface area (Å²) < 4.78 is 64.8. The monoisotopic (exact) mass is 1740 g/mol. The maximum Gasteiger partial charge on any atom is 0.150 e. The fourth-order valence-electron chi connectivity index (χ4n) is 23.6. The van der Waals surface area contributed by atoms with E-state index in [-0.39, 0.29) is 89.9 Å². The van der Waals surface area contributed by atoms with Gasteiger partial charge in [-0.3, -0.25) is 14.4 Å². The first-order valence-electron chi connectivity index (χ1n) is 48.3. The molecule has 8 fully saturated rings. The van der Waals surface area contributed by atoms with Gasteiger partial charge in [0.15, 0.2) is 19.7 Å². The Labute approximate surface area is 752 Å². The number of rotatable bonds is 0. The summed E-state index contributed by atoms with van der Waals surface area (Å²) in [5.41, 5.74) is 4.98. The minimum absolute atomic E-state index is 0.0848. The van der Waals surface area contributed by atoms with E-state index in [0.717, 1.165) is 68.7 Å². The first-order valence-corrected chi connectivity index (χ1v) is 52.0. The van der Waals surface area contributed by atoms with Crippen LogP contribution in [0.2, 0.25) is 0 Å². The molecule has 710 valence electrons. The maximum absolute atomic E-state index is 11.9. The van der Waals surface area contributed by atoms with Gasteiger partial charge in [-0.2, -0.15) is 0 Å². The smallest absolute Gasteiger partial charge is 0.150 e. The Morgan fingerprint density at radius 3 is 0.884 bits per heavy atom. The van der Waals surface area contributed by atoms with Crippen LogP contribution >= 0.6 is 0 Å². The maximum atomic E-state index is 11.9. The van der Waals surface area contributed by atoms with E-state index >= 15 is 0 Å². The molecule has 4 saturated carbocycles. The van der Waals surface area contributed by atoms with Crippen molar-refractivity contribution in [2.45, 2.75) is 409 Å². The van der Waals surface area contributed by atoms with Crippen molar-refractivity contribution >= 4 is 37.0 Å². The predicted octanol–water partition coefficient (Wildman–Crippen LogP) is 29.6. The zero-order valence-electron chi connectivity index (χ0n) is 88.8. The van der Waals surface area contributed by atoms with E-state index in [9.17, 15) is 31.2 Å². The van der Waals surface area contributed by atoms with Gasteiger partial charge in [-0.25, -0.2) is 16.8 Å². The summed E-state index contributed by atoms with van der Waals surface area (Å²) in [4.78, 5) is 35.6. The molecule has 4 aliphatic carbocycles. The summed E-state index contributed by atoms with van der Waals surface area (Å²) in [6.07, 6.45) is 12.4. The molecule has 10 rings (SSSR count). The lowest BCUT2D eigenvalue weighted by molar-refractivity contribution is -0.161. The molecule has 9 aliphatic rings. The van der Waals surface area contributed by atoms with Gasteiger partial charge in [0.05, 0.1) is 62.0 Å². The number of fused-ring (bicyclic) bond motifs is 2. The molecule has 18 atom stereocenters. The molecule has 12 heteroatoms. The predicted molar refractivity (Wildman–Crippen MR) is 521 cm³/mol. The topological polar surface area (TPSA) is 147 Å². The summed E-state index contributed by atoms with van der Waals surface area (Å²) in [6.45, 7) is 112. The third kappa shape index (κ3) is 33.0. The van der Waals surface area contributed by atoms with E-state index in [1.54, 1.807) is 0 Å². The zero-order chi connectivity index (χ0) is 95.0. The number of hydrogen-bond donors (Lipinski definition) is 0. The SMILES string of the molecule is CC(C)(C)C1C(=O)CC(=O)C1C(C)(C)C.CC(C)(C)C1CCC(=O)C1C(C)(C)C.CC(C)(C)C1CCCC1C(C)(C)C.CC(C)(C)C1COCC1C(C)(C)C.CC(C)(C)[C@@H]1COC2CCCCC2[C@@H]1C(C)(C)C.CC(C)(C)[C@@H]1COc2ccccc2[C@@H]1C(C)(C)C.CC(C)(C)[C@@H]1CS(=O)(=O)C[C@@H]1C(C)(C)C.CC(C)(C)[C@@H]1CS(=O)(=O)C[C@@H]1C(C)(C)C. The van der Waals surface area contributed by atoms with Crippen LogP contribution in [0.25, 0.3) is 0 Å². The number of benzene rings is 1. The van der Waals surface area contributed by atoms with Gasteiger partial charge in [-0.05, 0) is 207 Å². The highest BCUT2D eigenvalue weighted by atomic mass is 32.2. The van der Waals surface area contributed by atoms with Crippen molar-refractivity contribution in [2.75, 3.05) is 49.4 Å². The van der Waals surface area contributed by atoms with E-state index < -0.39 is 19.7 Å². The Balaban J connectivity index is 0.000000358. The Morgan fingerprint density at radius 2 is 0.587 bits per heavy atom. The molecule has 10 unspecified atom stereocenters. The Morgan fingerprint density at radius 1 is 0.273 bits per heavy atom. The molecule has 10 nitrogen and oxygen atoms in total. The van der Waals surface area contributed by atoms with E-state index in [0.29, 0.717) is 127 Å². The van der Waals surface area contributed by atoms with Crippen molar-refractivity contribution in [1.82, 2.24) is 0 Å². The van der Waals surface area contributed by atoms with Crippen molar-refractivity contribution in [3.05, 3.63) is 29.8 Å². The Kier molecular flexibility index (Phi) is 37.6. The minimum atomic E-state index is -2.81. The minimum Gasteiger partial charge on any atom is -0.493 e. The van der Waals surface area contributed by atoms with Crippen molar-refractivity contribution in [1.29, 1.82) is 0 Å². The zero-order valence-corrected chi connectivity index (χ0v) is 90.5. The second kappa shape index (κ2) is 40.3. The van der Waals surface area contributed by atoms with Gasteiger partial charge in [-0.1, -0.05) is 370 Å². The number of sulfone groups is 2. The van der Waals surface area contributed by atoms with Crippen molar-refractivity contribution in [3.8, 4) is 5.75 Å². The lowest BCUT2D eigenvalue weighted by Gasteiger charge is -2.54. The lowest BCUT2D eigenvalue weighted by atomic mass is 9.56. The molecule has 1 aromatic carbocycles. The molecule has 0 aromatic heterocycles. The molecule has 121 heavy (non-hydrogen) atoms. The van der Waals surface area contributed by atoms with Crippen LogP contribution in [0.15, 0.2) is 24.3 Å². The summed E-state index contributed by atoms with van der Waals surface area (Å²) >= 11 is 0. The van der Waals surface area contributed by atoms with Crippen molar-refractivity contribution in [3.63, 3.8) is 0 Å². The van der Waals surface area contributed by atoms with E-state index in [4.69, 9.17) is 14.2 Å². The number of para-hydroxylation sites is 1. The van der Waals surface area contributed by atoms with Crippen LogP contribution in [0.4, 0.5) is 0 Å². The Hall–Kier alpha value is -2.15. The number of Topliss-reactive ketones (excluding diaryl/α,β-unsaturated/α-hetero) is 3. The molecule has 5 heterocycles. The van der Waals surface area contributed by atoms with E-state index in [1.165, 1.54) is 50.5 Å². The molecule has 0 N–H and O–H groups in total. The standard InChI is InChI=1S/C17H32O.C17H26O.C13H22O2.C13H24O.C13H26.2C12H24O2S.C12H24O/c2*1-16(2,3)13-11-18-14-10-8-7-9-12(14)15(13)17(4,5)6;1-12(2,3)10-8(14)7-9(15)11(10)13(4,5)6;1-12(2,3)9-7-8-10(14)11(9)13(4,5)6;1-12(2,3)10-8-7-9-11(10)13(4,5)6;2*1-11(2,3)9-7-15(13,14)8-10(9)12(4,5)6;1-11(2,3)9-7-13-8-10(9)12(4,5)6/h12-15H,7-11H2,1-6H3;7-10,13,15H,11H2,1-6H3;10-11H,7H2,1-6H3;9,11H,7-8H2,1-6H3;10-11H,7-9H2,1-6H3;2*9-10H,7-8H2,1-6H3;9-10H,7-8H2,1-6H3/t12?,13-,14?,15+;13-,15+;;;;2*9-,10+;/m11....../s1. The van der Waals surface area contributed by atoms with Gasteiger partial charge in [0.1, 0.15) is 23.1 Å². The highest BCUT2D eigenvalue weighted by molar-refractivity contribution is 7.91. The second-order valence-electron chi connectivity index (χ2n) is 57.4. The third-order valence-electron chi connectivity index (χ3n) is 30.3. The average molecular weight is 1740 g/mol. The quantitative estimate of drug-likeness (QED) is 0.230. The summed E-state index contributed by atoms with van der Waals surface area (Å²) in [5, 5.41) is 0. The molecule has 0 bridgehead atoms. The highest BCUT2D eigenvalue weighted by Crippen LogP contribution is 2.58. The van der Waals surface area contributed by atoms with Crippen LogP contribution in [-0.2, 0) is 43.5 Å². The third-order valence-corrected chi connectivity index (χ3v) is 33.8. The van der Waals surface area contributed by atoms with Gasteiger partial charge >= 0.3 is 0 Å². The fourth-order valence-corrected chi connectivity index (χ4v) is 29.0. The van der Waals surface area contributed by atoms with Gasteiger partial charge < -0.3 is 14.2 Å². The van der Waals surface area contributed by atoms with Crippen molar-refractivity contribution in [2.24, 2.45) is 181 Å². The first-order chi connectivity index (χ1) is 53.4. The number of ketones is 3. The largest absolute Gasteiger partial charge is 0.493 e. The fraction of sp³-hybridized carbons (Fsp3) is 0.917. The van der Waals surface area contributed by atoms with Crippen LogP contribution in [0.5, 0.6) is 5.75 Å². The molecular weight excluding hydrogens is 1530 g/mol. The highest BCUT2D eigenvalue weighted by Gasteiger charge is 2.55. The molecule has 4 saturated heterocycles. The average Bonchev–Trinajstić information content (AvgIpc) is 1.68.